The lowest BCUT2D eigenvalue weighted by atomic mass is 10.1. The van der Waals surface area contributed by atoms with Crippen LogP contribution in [0.1, 0.15) is 38.9 Å². The molecule has 4 rings (SSSR count). The molecule has 0 saturated heterocycles. The van der Waals surface area contributed by atoms with E-state index in [-0.39, 0.29) is 11.5 Å². The van der Waals surface area contributed by atoms with Gasteiger partial charge in [0.1, 0.15) is 10.5 Å². The minimum atomic E-state index is -0.101. The number of rotatable bonds is 10. The van der Waals surface area contributed by atoms with Gasteiger partial charge >= 0.3 is 0 Å². The van der Waals surface area contributed by atoms with Gasteiger partial charge in [-0.25, -0.2) is 0 Å². The summed E-state index contributed by atoms with van der Waals surface area (Å²) < 4.78 is 14.9. The van der Waals surface area contributed by atoms with Crippen LogP contribution in [0.3, 0.4) is 0 Å². The third kappa shape index (κ3) is 4.77. The van der Waals surface area contributed by atoms with Gasteiger partial charge in [-0.3, -0.25) is 18.6 Å². The highest BCUT2D eigenvalue weighted by Crippen LogP contribution is 2.29. The first-order valence-corrected chi connectivity index (χ1v) is 12.2. The van der Waals surface area contributed by atoms with Crippen molar-refractivity contribution in [1.82, 2.24) is 19.2 Å². The summed E-state index contributed by atoms with van der Waals surface area (Å²) in [5.41, 5.74) is 1.44. The second kappa shape index (κ2) is 10.3. The average Bonchev–Trinajstić information content (AvgIpc) is 3.46. The number of benzene rings is 1. The molecule has 1 N–H and O–H groups in total. The predicted molar refractivity (Wildman–Crippen MR) is 133 cm³/mol. The number of methoxy groups -OCH3 is 2. The lowest BCUT2D eigenvalue weighted by molar-refractivity contribution is -0.116. The van der Waals surface area contributed by atoms with Gasteiger partial charge in [0.25, 0.3) is 5.56 Å². The van der Waals surface area contributed by atoms with E-state index in [9.17, 15) is 9.59 Å². The monoisotopic (exact) mass is 483 g/mol. The standard InChI is InChI=1S/C24H29N5O4S/c1-15(2)10-12-28-23(31)22-17(11-13-34-22)29-20(26-27-24(28)29)6-5-7-21(30)25-16-8-9-18(32-3)19(14-16)33-4/h8-9,11,13-15H,5-7,10,12H2,1-4H3,(H,25,30). The van der Waals surface area contributed by atoms with Crippen LogP contribution < -0.4 is 20.3 Å². The number of aromatic nitrogens is 4. The first kappa shape index (κ1) is 23.7. The number of nitrogens with one attached hydrogen (secondary N) is 1. The molecule has 9 nitrogen and oxygen atoms in total. The minimum absolute atomic E-state index is 0.0219. The van der Waals surface area contributed by atoms with Crippen molar-refractivity contribution in [2.75, 3.05) is 19.5 Å². The Morgan fingerprint density at radius 3 is 2.68 bits per heavy atom. The van der Waals surface area contributed by atoms with Gasteiger partial charge in [0.15, 0.2) is 11.5 Å². The molecule has 0 atom stereocenters. The fraction of sp³-hybridized carbons (Fsp3) is 0.417. The van der Waals surface area contributed by atoms with E-state index in [0.29, 0.717) is 59.4 Å². The molecular formula is C24H29N5O4S. The number of ether oxygens (including phenoxy) is 2. The summed E-state index contributed by atoms with van der Waals surface area (Å²) in [7, 11) is 3.12. The van der Waals surface area contributed by atoms with Crippen molar-refractivity contribution >= 4 is 38.9 Å². The number of aryl methyl sites for hydroxylation is 2. The van der Waals surface area contributed by atoms with Gasteiger partial charge in [-0.2, -0.15) is 0 Å². The van der Waals surface area contributed by atoms with Crippen LogP contribution in [0.5, 0.6) is 11.5 Å². The quantitative estimate of drug-likeness (QED) is 0.364. The van der Waals surface area contributed by atoms with Gasteiger partial charge in [-0.15, -0.1) is 21.5 Å². The number of anilines is 1. The Kier molecular flexibility index (Phi) is 7.16. The van der Waals surface area contributed by atoms with Crippen LogP contribution in [0.4, 0.5) is 5.69 Å². The number of carbonyl (C=O) groups excluding carboxylic acids is 1. The Morgan fingerprint density at radius 2 is 1.94 bits per heavy atom. The highest BCUT2D eigenvalue weighted by molar-refractivity contribution is 7.17. The number of hydrogen-bond acceptors (Lipinski definition) is 7. The molecule has 180 valence electrons. The number of carbonyl (C=O) groups is 1. The molecule has 0 fully saturated rings. The number of thiophene rings is 1. The second-order valence-electron chi connectivity index (χ2n) is 8.50. The van der Waals surface area contributed by atoms with Crippen molar-refractivity contribution < 1.29 is 14.3 Å². The van der Waals surface area contributed by atoms with E-state index in [4.69, 9.17) is 9.47 Å². The molecule has 0 aliphatic carbocycles. The number of nitrogens with zero attached hydrogens (tertiary/aromatic N) is 4. The molecule has 1 amide bonds. The maximum atomic E-state index is 13.0. The molecule has 0 aliphatic rings. The summed E-state index contributed by atoms with van der Waals surface area (Å²) in [6.45, 7) is 4.86. The smallest absolute Gasteiger partial charge is 0.272 e. The Morgan fingerprint density at radius 1 is 1.15 bits per heavy atom. The summed E-state index contributed by atoms with van der Waals surface area (Å²) in [4.78, 5) is 25.5. The van der Waals surface area contributed by atoms with E-state index in [1.165, 1.54) is 11.3 Å². The zero-order chi connectivity index (χ0) is 24.2. The number of amides is 1. The van der Waals surface area contributed by atoms with E-state index in [1.807, 2.05) is 15.8 Å². The van der Waals surface area contributed by atoms with E-state index < -0.39 is 0 Å². The lowest BCUT2D eigenvalue weighted by Crippen LogP contribution is -2.23. The van der Waals surface area contributed by atoms with Crippen molar-refractivity contribution in [3.63, 3.8) is 0 Å². The molecule has 3 heterocycles. The second-order valence-corrected chi connectivity index (χ2v) is 9.41. The Balaban J connectivity index is 1.49. The topological polar surface area (TPSA) is 99.7 Å². The Bertz CT molecular complexity index is 1370. The number of fused-ring (bicyclic) bond motifs is 3. The first-order valence-electron chi connectivity index (χ1n) is 11.3. The van der Waals surface area contributed by atoms with E-state index in [2.05, 4.69) is 29.4 Å². The fourth-order valence-corrected chi connectivity index (χ4v) is 4.70. The highest BCUT2D eigenvalue weighted by Gasteiger charge is 2.18. The molecule has 1 aromatic carbocycles. The lowest BCUT2D eigenvalue weighted by Gasteiger charge is -2.11. The average molecular weight is 484 g/mol. The van der Waals surface area contributed by atoms with Crippen LogP contribution in [-0.4, -0.2) is 39.3 Å². The van der Waals surface area contributed by atoms with E-state index >= 15 is 0 Å². The maximum absolute atomic E-state index is 13.0. The summed E-state index contributed by atoms with van der Waals surface area (Å²) in [6.07, 6.45) is 2.36. The Hall–Kier alpha value is -3.40. The molecule has 0 unspecified atom stereocenters. The SMILES string of the molecule is COc1ccc(NC(=O)CCCc2nnc3n(CCC(C)C)c(=O)c4sccc4n23)cc1OC. The first-order chi connectivity index (χ1) is 16.4. The van der Waals surface area contributed by atoms with Crippen molar-refractivity contribution in [2.24, 2.45) is 5.92 Å². The minimum Gasteiger partial charge on any atom is -0.493 e. The molecule has 0 radical (unpaired) electrons. The van der Waals surface area contributed by atoms with Crippen molar-refractivity contribution in [3.8, 4) is 11.5 Å². The predicted octanol–water partition coefficient (Wildman–Crippen LogP) is 4.13. The summed E-state index contributed by atoms with van der Waals surface area (Å²) >= 11 is 1.43. The van der Waals surface area contributed by atoms with Gasteiger partial charge in [0.2, 0.25) is 11.7 Å². The zero-order valence-corrected chi connectivity index (χ0v) is 20.6. The molecule has 0 spiro atoms. The van der Waals surface area contributed by atoms with Gasteiger partial charge in [0, 0.05) is 31.1 Å². The highest BCUT2D eigenvalue weighted by atomic mass is 32.1. The molecule has 34 heavy (non-hydrogen) atoms. The van der Waals surface area contributed by atoms with Crippen LogP contribution >= 0.6 is 11.3 Å². The van der Waals surface area contributed by atoms with E-state index in [1.54, 1.807) is 37.0 Å². The molecule has 0 aliphatic heterocycles. The number of hydrogen-bond donors (Lipinski definition) is 1. The molecular weight excluding hydrogens is 454 g/mol. The molecule has 3 aromatic heterocycles. The normalized spacial score (nSPS) is 11.4. The molecule has 0 saturated carbocycles. The van der Waals surface area contributed by atoms with Gasteiger partial charge in [-0.05, 0) is 42.3 Å². The third-order valence-corrected chi connectivity index (χ3v) is 6.57. The van der Waals surface area contributed by atoms with Crippen molar-refractivity contribution in [1.29, 1.82) is 0 Å². The van der Waals surface area contributed by atoms with Crippen LogP contribution in [0.25, 0.3) is 16.0 Å². The third-order valence-electron chi connectivity index (χ3n) is 5.68. The van der Waals surface area contributed by atoms with Crippen molar-refractivity contribution in [3.05, 3.63) is 45.8 Å². The Labute approximate surface area is 201 Å². The van der Waals surface area contributed by atoms with Crippen molar-refractivity contribution in [2.45, 2.75) is 46.1 Å². The van der Waals surface area contributed by atoms with Gasteiger partial charge in [0.05, 0.1) is 19.7 Å². The van der Waals surface area contributed by atoms with Crippen LogP contribution in [0, 0.1) is 5.92 Å². The maximum Gasteiger partial charge on any atom is 0.272 e. The molecule has 10 heteroatoms. The summed E-state index contributed by atoms with van der Waals surface area (Å²) in [5.74, 6) is 2.83. The molecule has 4 aromatic rings. The summed E-state index contributed by atoms with van der Waals surface area (Å²) in [6, 6.07) is 7.18. The van der Waals surface area contributed by atoms with Gasteiger partial charge in [-0.1, -0.05) is 13.8 Å². The van der Waals surface area contributed by atoms with Crippen LogP contribution in [0.2, 0.25) is 0 Å². The summed E-state index contributed by atoms with van der Waals surface area (Å²) in [5, 5.41) is 13.5. The molecule has 0 bridgehead atoms. The van der Waals surface area contributed by atoms with E-state index in [0.717, 1.165) is 17.8 Å². The van der Waals surface area contributed by atoms with Crippen LogP contribution in [0.15, 0.2) is 34.4 Å². The largest absolute Gasteiger partial charge is 0.493 e. The zero-order valence-electron chi connectivity index (χ0n) is 19.8. The fourth-order valence-electron chi connectivity index (χ4n) is 3.88. The van der Waals surface area contributed by atoms with Crippen LogP contribution in [-0.2, 0) is 17.8 Å². The van der Waals surface area contributed by atoms with Gasteiger partial charge < -0.3 is 14.8 Å².